The lowest BCUT2D eigenvalue weighted by atomic mass is 10.2. The van der Waals surface area contributed by atoms with Crippen molar-refractivity contribution in [3.05, 3.63) is 28.2 Å². The van der Waals surface area contributed by atoms with Crippen molar-refractivity contribution in [3.63, 3.8) is 0 Å². The molecule has 0 aliphatic rings. The number of carbonyl (C=O) groups excluding carboxylic acids is 1. The van der Waals surface area contributed by atoms with Crippen molar-refractivity contribution in [3.8, 4) is 11.4 Å². The Morgan fingerprint density at radius 3 is 2.90 bits per heavy atom. The minimum absolute atomic E-state index is 0.0730. The lowest BCUT2D eigenvalue weighted by Crippen LogP contribution is -2.22. The van der Waals surface area contributed by atoms with E-state index < -0.39 is 0 Å². The van der Waals surface area contributed by atoms with E-state index in [1.807, 2.05) is 0 Å². The van der Waals surface area contributed by atoms with Crippen LogP contribution in [0.2, 0.25) is 10.0 Å². The number of nitrogens with zero attached hydrogens (tertiary/aromatic N) is 3. The second-order valence-corrected chi connectivity index (χ2v) is 6.04. The Kier molecular flexibility index (Phi) is 5.33. The standard InChI is InChI=1S/C12H13Cl2N5OS/c1-7(20)16-4-5-21-12-18-17-11(19(12)15)9-6-8(13)2-3-10(9)14/h2-3,6H,4-5,15H2,1H3,(H,16,20). The Hall–Kier alpha value is -1.44. The van der Waals surface area contributed by atoms with Crippen LogP contribution in [0.4, 0.5) is 0 Å². The van der Waals surface area contributed by atoms with Crippen LogP contribution >= 0.6 is 35.0 Å². The lowest BCUT2D eigenvalue weighted by Gasteiger charge is -2.06. The summed E-state index contributed by atoms with van der Waals surface area (Å²) in [5, 5.41) is 12.3. The number of thioether (sulfide) groups is 1. The zero-order valence-electron chi connectivity index (χ0n) is 11.1. The quantitative estimate of drug-likeness (QED) is 0.492. The topological polar surface area (TPSA) is 85.8 Å². The fourth-order valence-corrected chi connectivity index (χ4v) is 2.68. The monoisotopic (exact) mass is 345 g/mol. The molecule has 0 aliphatic heterocycles. The summed E-state index contributed by atoms with van der Waals surface area (Å²) >= 11 is 13.5. The van der Waals surface area contributed by atoms with Crippen LogP contribution in [0, 0.1) is 0 Å². The molecule has 2 aromatic rings. The summed E-state index contributed by atoms with van der Waals surface area (Å²) in [6.07, 6.45) is 0. The number of nitrogens with one attached hydrogen (secondary N) is 1. The highest BCUT2D eigenvalue weighted by Gasteiger charge is 2.15. The van der Waals surface area contributed by atoms with Gasteiger partial charge in [0.05, 0.1) is 5.02 Å². The van der Waals surface area contributed by atoms with E-state index in [0.29, 0.717) is 38.9 Å². The zero-order chi connectivity index (χ0) is 15.4. The maximum atomic E-state index is 10.8. The molecule has 0 fully saturated rings. The van der Waals surface area contributed by atoms with Gasteiger partial charge >= 0.3 is 0 Å². The first-order valence-corrected chi connectivity index (χ1v) is 7.76. The first kappa shape index (κ1) is 15.9. The molecule has 1 heterocycles. The van der Waals surface area contributed by atoms with Crippen LogP contribution in [-0.4, -0.2) is 33.1 Å². The summed E-state index contributed by atoms with van der Waals surface area (Å²) in [7, 11) is 0. The van der Waals surface area contributed by atoms with Gasteiger partial charge in [-0.3, -0.25) is 4.79 Å². The van der Waals surface area contributed by atoms with E-state index in [9.17, 15) is 4.79 Å². The average Bonchev–Trinajstić information content (AvgIpc) is 2.79. The van der Waals surface area contributed by atoms with Gasteiger partial charge in [-0.05, 0) is 18.2 Å². The van der Waals surface area contributed by atoms with E-state index in [1.165, 1.54) is 23.4 Å². The molecule has 2 rings (SSSR count). The van der Waals surface area contributed by atoms with E-state index in [4.69, 9.17) is 29.0 Å². The van der Waals surface area contributed by atoms with Gasteiger partial charge in [-0.15, -0.1) is 10.2 Å². The number of hydrogen-bond acceptors (Lipinski definition) is 5. The number of rotatable bonds is 5. The maximum absolute atomic E-state index is 10.8. The first-order valence-electron chi connectivity index (χ1n) is 6.02. The zero-order valence-corrected chi connectivity index (χ0v) is 13.5. The third-order valence-corrected chi connectivity index (χ3v) is 4.05. The number of benzene rings is 1. The molecule has 3 N–H and O–H groups in total. The normalized spacial score (nSPS) is 10.6. The van der Waals surface area contributed by atoms with Crippen LogP contribution in [0.15, 0.2) is 23.4 Å². The molecule has 1 aromatic carbocycles. The molecule has 0 spiro atoms. The van der Waals surface area contributed by atoms with Gasteiger partial charge in [-0.2, -0.15) is 0 Å². The van der Waals surface area contributed by atoms with Gasteiger partial charge in [-0.1, -0.05) is 35.0 Å². The van der Waals surface area contributed by atoms with E-state index in [2.05, 4.69) is 15.5 Å². The molecule has 0 saturated heterocycles. The lowest BCUT2D eigenvalue weighted by molar-refractivity contribution is -0.118. The van der Waals surface area contributed by atoms with Crippen LogP contribution < -0.4 is 11.2 Å². The SMILES string of the molecule is CC(=O)NCCSc1nnc(-c2cc(Cl)ccc2Cl)n1N. The average molecular weight is 346 g/mol. The van der Waals surface area contributed by atoms with Crippen LogP contribution in [-0.2, 0) is 4.79 Å². The van der Waals surface area contributed by atoms with Gasteiger partial charge in [0.15, 0.2) is 5.82 Å². The molecule has 21 heavy (non-hydrogen) atoms. The fraction of sp³-hybridized carbons (Fsp3) is 0.250. The molecule has 0 unspecified atom stereocenters. The van der Waals surface area contributed by atoms with Crippen molar-refractivity contribution in [2.24, 2.45) is 0 Å². The summed E-state index contributed by atoms with van der Waals surface area (Å²) in [5.41, 5.74) is 0.618. The van der Waals surface area contributed by atoms with Crippen LogP contribution in [0.25, 0.3) is 11.4 Å². The third kappa shape index (κ3) is 4.03. The summed E-state index contributed by atoms with van der Waals surface area (Å²) < 4.78 is 1.36. The molecule has 1 aromatic heterocycles. The summed E-state index contributed by atoms with van der Waals surface area (Å²) in [4.78, 5) is 10.8. The minimum atomic E-state index is -0.0730. The molecule has 1 amide bonds. The second kappa shape index (κ2) is 7.02. The van der Waals surface area contributed by atoms with Crippen molar-refractivity contribution < 1.29 is 4.79 Å². The van der Waals surface area contributed by atoms with Crippen LogP contribution in [0.1, 0.15) is 6.92 Å². The molecule has 0 atom stereocenters. The smallest absolute Gasteiger partial charge is 0.216 e. The van der Waals surface area contributed by atoms with Gasteiger partial charge < -0.3 is 11.2 Å². The Labute approximate surface area is 136 Å². The highest BCUT2D eigenvalue weighted by Crippen LogP contribution is 2.30. The van der Waals surface area contributed by atoms with Crippen molar-refractivity contribution >= 4 is 40.9 Å². The molecular formula is C12H13Cl2N5OS. The van der Waals surface area contributed by atoms with E-state index in [-0.39, 0.29) is 5.91 Å². The minimum Gasteiger partial charge on any atom is -0.356 e. The third-order valence-electron chi connectivity index (χ3n) is 2.54. The molecule has 6 nitrogen and oxygen atoms in total. The number of halogens is 2. The number of amides is 1. The van der Waals surface area contributed by atoms with E-state index in [1.54, 1.807) is 18.2 Å². The Morgan fingerprint density at radius 2 is 2.19 bits per heavy atom. The van der Waals surface area contributed by atoms with Gasteiger partial charge in [0.1, 0.15) is 0 Å². The number of hydrogen-bond donors (Lipinski definition) is 2. The second-order valence-electron chi connectivity index (χ2n) is 4.13. The highest BCUT2D eigenvalue weighted by molar-refractivity contribution is 7.99. The maximum Gasteiger partial charge on any atom is 0.216 e. The van der Waals surface area contributed by atoms with Gasteiger partial charge in [0, 0.05) is 29.8 Å². The van der Waals surface area contributed by atoms with Gasteiger partial charge in [-0.25, -0.2) is 4.68 Å². The number of aromatic nitrogens is 3. The Morgan fingerprint density at radius 1 is 1.43 bits per heavy atom. The highest BCUT2D eigenvalue weighted by atomic mass is 35.5. The van der Waals surface area contributed by atoms with Crippen LogP contribution in [0.5, 0.6) is 0 Å². The van der Waals surface area contributed by atoms with Crippen molar-refractivity contribution in [1.29, 1.82) is 0 Å². The summed E-state index contributed by atoms with van der Waals surface area (Å²) in [6.45, 7) is 2.00. The Balaban J connectivity index is 2.13. The largest absolute Gasteiger partial charge is 0.356 e. The number of nitrogens with two attached hydrogens (primary N) is 1. The van der Waals surface area contributed by atoms with Crippen molar-refractivity contribution in [2.75, 3.05) is 18.1 Å². The van der Waals surface area contributed by atoms with Crippen LogP contribution in [0.3, 0.4) is 0 Å². The molecule has 0 bridgehead atoms. The summed E-state index contributed by atoms with van der Waals surface area (Å²) in [6, 6.07) is 5.05. The molecule has 0 radical (unpaired) electrons. The predicted octanol–water partition coefficient (Wildman–Crippen LogP) is 2.19. The first-order chi connectivity index (χ1) is 9.99. The van der Waals surface area contributed by atoms with E-state index >= 15 is 0 Å². The predicted molar refractivity (Wildman–Crippen MR) is 85.0 cm³/mol. The number of nitrogen functional groups attached to an aromatic ring is 1. The molecule has 9 heteroatoms. The fourth-order valence-electron chi connectivity index (χ4n) is 1.60. The van der Waals surface area contributed by atoms with Crippen molar-refractivity contribution in [2.45, 2.75) is 12.1 Å². The summed E-state index contributed by atoms with van der Waals surface area (Å²) in [5.74, 6) is 6.98. The van der Waals surface area contributed by atoms with Gasteiger partial charge in [0.2, 0.25) is 11.1 Å². The van der Waals surface area contributed by atoms with E-state index in [0.717, 1.165) is 0 Å². The Bertz CT molecular complexity index is 661. The molecular weight excluding hydrogens is 333 g/mol. The molecule has 112 valence electrons. The number of carbonyl (C=O) groups is 1. The van der Waals surface area contributed by atoms with Gasteiger partial charge in [0.25, 0.3) is 0 Å². The molecule has 0 saturated carbocycles. The molecule has 0 aliphatic carbocycles. The van der Waals surface area contributed by atoms with Crippen molar-refractivity contribution in [1.82, 2.24) is 20.2 Å².